The molecular weight excluding hydrogens is 306 g/mol. The van der Waals surface area contributed by atoms with Crippen LogP contribution in [-0.4, -0.2) is 42.9 Å². The Kier molecular flexibility index (Phi) is 4.96. The number of amides is 2. The third kappa shape index (κ3) is 3.65. The smallest absolute Gasteiger partial charge is 0.291 e. The van der Waals surface area contributed by atoms with Gasteiger partial charge in [0.15, 0.2) is 5.76 Å². The normalized spacial score (nSPS) is 15.0. The van der Waals surface area contributed by atoms with Crippen LogP contribution in [0.3, 0.4) is 0 Å². The number of aryl methyl sites for hydroxylation is 1. The fourth-order valence-corrected chi connectivity index (χ4v) is 2.71. The predicted octanol–water partition coefficient (Wildman–Crippen LogP) is 2.28. The third-order valence-electron chi connectivity index (χ3n) is 4.10. The maximum Gasteiger partial charge on any atom is 0.291 e. The van der Waals surface area contributed by atoms with Crippen molar-refractivity contribution >= 4 is 17.5 Å². The van der Waals surface area contributed by atoms with Crippen molar-refractivity contribution in [2.75, 3.05) is 31.5 Å². The Morgan fingerprint density at radius 1 is 1.21 bits per heavy atom. The molecule has 1 fully saturated rings. The molecule has 0 bridgehead atoms. The SMILES string of the molecule is Cc1ccc(C(=O)N2CCCNCC2)cc1NC(=O)c1ccco1. The molecule has 1 saturated heterocycles. The van der Waals surface area contributed by atoms with Crippen molar-refractivity contribution in [3.63, 3.8) is 0 Å². The van der Waals surface area contributed by atoms with Gasteiger partial charge >= 0.3 is 0 Å². The van der Waals surface area contributed by atoms with E-state index in [1.807, 2.05) is 17.9 Å². The number of carbonyl (C=O) groups excluding carboxylic acids is 2. The number of hydrogen-bond acceptors (Lipinski definition) is 4. The molecule has 1 aliphatic rings. The molecule has 0 radical (unpaired) electrons. The summed E-state index contributed by atoms with van der Waals surface area (Å²) < 4.78 is 5.10. The zero-order valence-corrected chi connectivity index (χ0v) is 13.7. The van der Waals surface area contributed by atoms with E-state index in [9.17, 15) is 9.59 Å². The van der Waals surface area contributed by atoms with Crippen LogP contribution >= 0.6 is 0 Å². The van der Waals surface area contributed by atoms with Crippen molar-refractivity contribution in [2.24, 2.45) is 0 Å². The van der Waals surface area contributed by atoms with Crippen molar-refractivity contribution in [1.82, 2.24) is 10.2 Å². The minimum atomic E-state index is -0.327. The largest absolute Gasteiger partial charge is 0.459 e. The highest BCUT2D eigenvalue weighted by Gasteiger charge is 2.18. The van der Waals surface area contributed by atoms with Gasteiger partial charge in [-0.3, -0.25) is 9.59 Å². The van der Waals surface area contributed by atoms with Gasteiger partial charge in [-0.25, -0.2) is 0 Å². The van der Waals surface area contributed by atoms with Crippen molar-refractivity contribution in [3.05, 3.63) is 53.5 Å². The average Bonchev–Trinajstić information content (AvgIpc) is 2.99. The van der Waals surface area contributed by atoms with Gasteiger partial charge in [0, 0.05) is 30.9 Å². The van der Waals surface area contributed by atoms with Gasteiger partial charge in [-0.2, -0.15) is 0 Å². The molecule has 1 aromatic carbocycles. The number of hydrogen-bond donors (Lipinski definition) is 2. The molecule has 2 N–H and O–H groups in total. The van der Waals surface area contributed by atoms with Crippen LogP contribution in [0.25, 0.3) is 0 Å². The van der Waals surface area contributed by atoms with Gasteiger partial charge in [-0.1, -0.05) is 6.07 Å². The lowest BCUT2D eigenvalue weighted by Crippen LogP contribution is -2.34. The second kappa shape index (κ2) is 7.31. The topological polar surface area (TPSA) is 74.6 Å². The van der Waals surface area contributed by atoms with E-state index in [2.05, 4.69) is 10.6 Å². The van der Waals surface area contributed by atoms with Crippen LogP contribution in [0.15, 0.2) is 41.0 Å². The maximum absolute atomic E-state index is 12.7. The molecule has 0 spiro atoms. The molecule has 6 heteroatoms. The highest BCUT2D eigenvalue weighted by Crippen LogP contribution is 2.19. The third-order valence-corrected chi connectivity index (χ3v) is 4.10. The van der Waals surface area contributed by atoms with E-state index >= 15 is 0 Å². The number of benzene rings is 1. The van der Waals surface area contributed by atoms with E-state index in [1.54, 1.807) is 24.3 Å². The summed E-state index contributed by atoms with van der Waals surface area (Å²) in [6.07, 6.45) is 2.40. The molecule has 24 heavy (non-hydrogen) atoms. The molecule has 0 atom stereocenters. The van der Waals surface area contributed by atoms with E-state index in [-0.39, 0.29) is 17.6 Å². The first kappa shape index (κ1) is 16.3. The Labute approximate surface area is 140 Å². The number of carbonyl (C=O) groups is 2. The van der Waals surface area contributed by atoms with Gasteiger partial charge < -0.3 is 20.0 Å². The zero-order chi connectivity index (χ0) is 16.9. The first-order valence-corrected chi connectivity index (χ1v) is 8.10. The van der Waals surface area contributed by atoms with Crippen LogP contribution in [0.1, 0.15) is 32.9 Å². The first-order chi connectivity index (χ1) is 11.6. The summed E-state index contributed by atoms with van der Waals surface area (Å²) in [5, 5.41) is 6.09. The van der Waals surface area contributed by atoms with Gasteiger partial charge in [-0.15, -0.1) is 0 Å². The quantitative estimate of drug-likeness (QED) is 0.907. The zero-order valence-electron chi connectivity index (χ0n) is 13.7. The molecule has 1 aromatic heterocycles. The second-order valence-corrected chi connectivity index (χ2v) is 5.86. The number of nitrogens with one attached hydrogen (secondary N) is 2. The van der Waals surface area contributed by atoms with Crippen molar-refractivity contribution in [1.29, 1.82) is 0 Å². The summed E-state index contributed by atoms with van der Waals surface area (Å²) in [5.74, 6) is -0.0939. The lowest BCUT2D eigenvalue weighted by molar-refractivity contribution is 0.0766. The van der Waals surface area contributed by atoms with Gasteiger partial charge in [-0.05, 0) is 49.7 Å². The monoisotopic (exact) mass is 327 g/mol. The Hall–Kier alpha value is -2.60. The molecular formula is C18H21N3O3. The van der Waals surface area contributed by atoms with E-state index in [0.29, 0.717) is 17.8 Å². The summed E-state index contributed by atoms with van der Waals surface area (Å²) in [5.41, 5.74) is 2.09. The van der Waals surface area contributed by atoms with Gasteiger partial charge in [0.25, 0.3) is 11.8 Å². The van der Waals surface area contributed by atoms with Crippen molar-refractivity contribution in [2.45, 2.75) is 13.3 Å². The number of rotatable bonds is 3. The first-order valence-electron chi connectivity index (χ1n) is 8.10. The molecule has 2 heterocycles. The van der Waals surface area contributed by atoms with Gasteiger partial charge in [0.1, 0.15) is 0 Å². The lowest BCUT2D eigenvalue weighted by atomic mass is 10.1. The predicted molar refractivity (Wildman–Crippen MR) is 91.2 cm³/mol. The Bertz CT molecular complexity index is 717. The van der Waals surface area contributed by atoms with Crippen LogP contribution in [0.2, 0.25) is 0 Å². The highest BCUT2D eigenvalue weighted by atomic mass is 16.3. The Balaban J connectivity index is 1.77. The fraction of sp³-hybridized carbons (Fsp3) is 0.333. The van der Waals surface area contributed by atoms with Crippen molar-refractivity contribution < 1.29 is 14.0 Å². The molecule has 6 nitrogen and oxygen atoms in total. The second-order valence-electron chi connectivity index (χ2n) is 5.86. The maximum atomic E-state index is 12.7. The fourth-order valence-electron chi connectivity index (χ4n) is 2.71. The van der Waals surface area contributed by atoms with Crippen LogP contribution in [0.4, 0.5) is 5.69 Å². The van der Waals surface area contributed by atoms with Crippen LogP contribution in [0, 0.1) is 6.92 Å². The highest BCUT2D eigenvalue weighted by molar-refractivity contribution is 6.03. The van der Waals surface area contributed by atoms with Crippen LogP contribution < -0.4 is 10.6 Å². The molecule has 2 amide bonds. The molecule has 0 saturated carbocycles. The molecule has 0 unspecified atom stereocenters. The number of furan rings is 1. The molecule has 126 valence electrons. The van der Waals surface area contributed by atoms with E-state index in [4.69, 9.17) is 4.42 Å². The summed E-state index contributed by atoms with van der Waals surface area (Å²) in [6, 6.07) is 8.65. The van der Waals surface area contributed by atoms with E-state index < -0.39 is 0 Å². The molecule has 2 aromatic rings. The summed E-state index contributed by atoms with van der Waals surface area (Å²) in [6.45, 7) is 5.07. The van der Waals surface area contributed by atoms with E-state index in [1.165, 1.54) is 6.26 Å². The van der Waals surface area contributed by atoms with Crippen LogP contribution in [0.5, 0.6) is 0 Å². The Morgan fingerprint density at radius 3 is 2.88 bits per heavy atom. The minimum absolute atomic E-state index is 0.00722. The lowest BCUT2D eigenvalue weighted by Gasteiger charge is -2.20. The number of anilines is 1. The average molecular weight is 327 g/mol. The summed E-state index contributed by atoms with van der Waals surface area (Å²) in [4.78, 5) is 26.7. The van der Waals surface area contributed by atoms with Crippen molar-refractivity contribution in [3.8, 4) is 0 Å². The Morgan fingerprint density at radius 2 is 2.08 bits per heavy atom. The summed E-state index contributed by atoms with van der Waals surface area (Å²) >= 11 is 0. The van der Waals surface area contributed by atoms with Gasteiger partial charge in [0.05, 0.1) is 6.26 Å². The molecule has 1 aliphatic heterocycles. The van der Waals surface area contributed by atoms with E-state index in [0.717, 1.165) is 31.6 Å². The molecule has 0 aliphatic carbocycles. The van der Waals surface area contributed by atoms with Gasteiger partial charge in [0.2, 0.25) is 0 Å². The minimum Gasteiger partial charge on any atom is -0.459 e. The summed E-state index contributed by atoms with van der Waals surface area (Å²) in [7, 11) is 0. The standard InChI is InChI=1S/C18H21N3O3/c1-13-5-6-14(18(23)21-9-3-7-19-8-10-21)12-15(13)20-17(22)16-4-2-11-24-16/h2,4-6,11-12,19H,3,7-10H2,1H3,(H,20,22). The molecule has 3 rings (SSSR count). The number of nitrogens with zero attached hydrogens (tertiary/aromatic N) is 1. The van der Waals surface area contributed by atoms with Crippen LogP contribution in [-0.2, 0) is 0 Å².